The number of nitrogens with zero attached hydrogens (tertiary/aromatic N) is 2. The fraction of sp³-hybridized carbons (Fsp3) is 0.167. The number of benzene rings is 2. The molecular formula is C18H14F3N3O2. The lowest BCUT2D eigenvalue weighted by Gasteiger charge is -2.21. The van der Waals surface area contributed by atoms with Crippen LogP contribution >= 0.6 is 0 Å². The number of amides is 2. The molecule has 134 valence electrons. The molecule has 2 aromatic rings. The smallest absolute Gasteiger partial charge is 0.325 e. The molecule has 0 spiro atoms. The molecule has 0 saturated heterocycles. The van der Waals surface area contributed by atoms with Gasteiger partial charge < -0.3 is 10.2 Å². The van der Waals surface area contributed by atoms with Crippen molar-refractivity contribution in [3.63, 3.8) is 0 Å². The van der Waals surface area contributed by atoms with Crippen LogP contribution in [0.5, 0.6) is 0 Å². The molecule has 0 bridgehead atoms. The van der Waals surface area contributed by atoms with Gasteiger partial charge in [0, 0.05) is 12.6 Å². The molecule has 1 N–H and O–H groups in total. The maximum absolute atomic E-state index is 12.7. The van der Waals surface area contributed by atoms with Crippen LogP contribution in [0.25, 0.3) is 0 Å². The summed E-state index contributed by atoms with van der Waals surface area (Å²) in [5.41, 5.74) is -0.480. The second-order valence-electron chi connectivity index (χ2n) is 5.36. The highest BCUT2D eigenvalue weighted by atomic mass is 19.4. The summed E-state index contributed by atoms with van der Waals surface area (Å²) in [5.74, 6) is -1.17. The van der Waals surface area contributed by atoms with Crippen molar-refractivity contribution in [2.75, 3.05) is 16.8 Å². The van der Waals surface area contributed by atoms with Gasteiger partial charge in [0.05, 0.1) is 16.8 Å². The zero-order valence-electron chi connectivity index (χ0n) is 13.7. The molecule has 0 aromatic heterocycles. The van der Waals surface area contributed by atoms with Crippen molar-refractivity contribution in [2.24, 2.45) is 0 Å². The molecular weight excluding hydrogens is 347 g/mol. The molecule has 26 heavy (non-hydrogen) atoms. The molecule has 0 aliphatic rings. The van der Waals surface area contributed by atoms with Gasteiger partial charge in [0.15, 0.2) is 0 Å². The molecule has 2 aromatic carbocycles. The fourth-order valence-electron chi connectivity index (χ4n) is 2.29. The van der Waals surface area contributed by atoms with Crippen molar-refractivity contribution < 1.29 is 22.8 Å². The highest BCUT2D eigenvalue weighted by Crippen LogP contribution is 2.30. The number of rotatable bonds is 4. The standard InChI is InChI=1S/C18H14F3N3O2/c1-12(25)24(16-8-3-2-5-13(16)10-22)11-17(26)23-15-7-4-6-14(9-15)18(19,20)21/h2-9H,11H2,1H3,(H,23,26). The van der Waals surface area contributed by atoms with Crippen molar-refractivity contribution in [1.29, 1.82) is 5.26 Å². The first-order valence-corrected chi connectivity index (χ1v) is 7.46. The number of halogens is 3. The molecule has 0 atom stereocenters. The molecule has 0 saturated carbocycles. The predicted molar refractivity (Wildman–Crippen MR) is 89.3 cm³/mol. The summed E-state index contributed by atoms with van der Waals surface area (Å²) in [6, 6.07) is 12.3. The van der Waals surface area contributed by atoms with E-state index in [0.29, 0.717) is 0 Å². The molecule has 0 aliphatic heterocycles. The van der Waals surface area contributed by atoms with Crippen LogP contribution in [0.4, 0.5) is 24.5 Å². The predicted octanol–water partition coefficient (Wildman–Crippen LogP) is 3.57. The van der Waals surface area contributed by atoms with Crippen molar-refractivity contribution >= 4 is 23.2 Å². The zero-order valence-corrected chi connectivity index (χ0v) is 13.7. The number of nitrogens with one attached hydrogen (secondary N) is 1. The quantitative estimate of drug-likeness (QED) is 0.905. The highest BCUT2D eigenvalue weighted by molar-refractivity contribution is 6.02. The monoisotopic (exact) mass is 361 g/mol. The van der Waals surface area contributed by atoms with E-state index in [1.165, 1.54) is 31.2 Å². The van der Waals surface area contributed by atoms with E-state index >= 15 is 0 Å². The number of para-hydroxylation sites is 1. The first kappa shape index (κ1) is 19.0. The lowest BCUT2D eigenvalue weighted by atomic mass is 10.1. The zero-order chi connectivity index (χ0) is 19.3. The summed E-state index contributed by atoms with van der Waals surface area (Å²) in [6.45, 7) is 0.788. The second-order valence-corrected chi connectivity index (χ2v) is 5.36. The van der Waals surface area contributed by atoms with E-state index in [0.717, 1.165) is 17.0 Å². The Morgan fingerprint density at radius 1 is 1.15 bits per heavy atom. The summed E-state index contributed by atoms with van der Waals surface area (Å²) in [5, 5.41) is 11.5. The van der Waals surface area contributed by atoms with E-state index in [2.05, 4.69) is 5.32 Å². The third-order valence-corrected chi connectivity index (χ3v) is 3.47. The van der Waals surface area contributed by atoms with Gasteiger partial charge in [-0.25, -0.2) is 0 Å². The summed E-state index contributed by atoms with van der Waals surface area (Å²) < 4.78 is 38.2. The van der Waals surface area contributed by atoms with E-state index < -0.39 is 30.1 Å². The molecule has 0 unspecified atom stereocenters. The fourth-order valence-corrected chi connectivity index (χ4v) is 2.29. The first-order chi connectivity index (χ1) is 12.2. The summed E-state index contributed by atoms with van der Waals surface area (Å²) >= 11 is 0. The van der Waals surface area contributed by atoms with E-state index in [9.17, 15) is 22.8 Å². The topological polar surface area (TPSA) is 73.2 Å². The van der Waals surface area contributed by atoms with Crippen LogP contribution in [0.2, 0.25) is 0 Å². The number of nitriles is 1. The van der Waals surface area contributed by atoms with E-state index in [1.807, 2.05) is 6.07 Å². The van der Waals surface area contributed by atoms with Gasteiger partial charge in [-0.3, -0.25) is 9.59 Å². The summed E-state index contributed by atoms with van der Waals surface area (Å²) in [6.07, 6.45) is -4.53. The van der Waals surface area contributed by atoms with Crippen LogP contribution in [-0.2, 0) is 15.8 Å². The van der Waals surface area contributed by atoms with E-state index in [-0.39, 0.29) is 16.9 Å². The van der Waals surface area contributed by atoms with Gasteiger partial charge >= 0.3 is 6.18 Å². The Hall–Kier alpha value is -3.34. The Kier molecular flexibility index (Phi) is 5.62. The number of alkyl halides is 3. The molecule has 0 radical (unpaired) electrons. The molecule has 8 heteroatoms. The number of hydrogen-bond donors (Lipinski definition) is 1. The van der Waals surface area contributed by atoms with Crippen molar-refractivity contribution in [1.82, 2.24) is 0 Å². The Balaban J connectivity index is 2.19. The van der Waals surface area contributed by atoms with Crippen LogP contribution in [0, 0.1) is 11.3 Å². The molecule has 0 aliphatic carbocycles. The molecule has 0 heterocycles. The number of anilines is 2. The summed E-state index contributed by atoms with van der Waals surface area (Å²) in [4.78, 5) is 25.2. The first-order valence-electron chi connectivity index (χ1n) is 7.46. The van der Waals surface area contributed by atoms with Crippen molar-refractivity contribution in [3.05, 3.63) is 59.7 Å². The van der Waals surface area contributed by atoms with Crippen LogP contribution in [0.1, 0.15) is 18.1 Å². The van der Waals surface area contributed by atoms with E-state index in [4.69, 9.17) is 5.26 Å². The normalized spacial score (nSPS) is 10.7. The van der Waals surface area contributed by atoms with Gasteiger partial charge in [0.25, 0.3) is 0 Å². The Morgan fingerprint density at radius 2 is 1.85 bits per heavy atom. The van der Waals surface area contributed by atoms with Gasteiger partial charge in [0.2, 0.25) is 11.8 Å². The number of hydrogen-bond acceptors (Lipinski definition) is 3. The Bertz CT molecular complexity index is 872. The minimum Gasteiger partial charge on any atom is -0.325 e. The van der Waals surface area contributed by atoms with Gasteiger partial charge in [-0.2, -0.15) is 18.4 Å². The highest BCUT2D eigenvalue weighted by Gasteiger charge is 2.30. The molecule has 0 fully saturated rings. The van der Waals surface area contributed by atoms with Gasteiger partial charge in [-0.1, -0.05) is 18.2 Å². The van der Waals surface area contributed by atoms with Gasteiger partial charge in [-0.15, -0.1) is 0 Å². The minimum absolute atomic E-state index is 0.0399. The SMILES string of the molecule is CC(=O)N(CC(=O)Nc1cccc(C(F)(F)F)c1)c1ccccc1C#N. The van der Waals surface area contributed by atoms with Gasteiger partial charge in [-0.05, 0) is 30.3 Å². The Morgan fingerprint density at radius 3 is 2.46 bits per heavy atom. The lowest BCUT2D eigenvalue weighted by Crippen LogP contribution is -2.37. The summed E-state index contributed by atoms with van der Waals surface area (Å²) in [7, 11) is 0. The van der Waals surface area contributed by atoms with Crippen LogP contribution in [0.15, 0.2) is 48.5 Å². The van der Waals surface area contributed by atoms with Crippen LogP contribution < -0.4 is 10.2 Å². The Labute approximate surface area is 147 Å². The molecule has 2 rings (SSSR count). The number of carbonyl (C=O) groups excluding carboxylic acids is 2. The second kappa shape index (κ2) is 7.70. The number of carbonyl (C=O) groups is 2. The van der Waals surface area contributed by atoms with Crippen LogP contribution in [0.3, 0.4) is 0 Å². The molecule has 2 amide bonds. The van der Waals surface area contributed by atoms with Crippen molar-refractivity contribution in [2.45, 2.75) is 13.1 Å². The average Bonchev–Trinajstić information content (AvgIpc) is 2.59. The third-order valence-electron chi connectivity index (χ3n) is 3.47. The van der Waals surface area contributed by atoms with Crippen LogP contribution in [-0.4, -0.2) is 18.4 Å². The van der Waals surface area contributed by atoms with Gasteiger partial charge in [0.1, 0.15) is 12.6 Å². The molecule has 5 nitrogen and oxygen atoms in total. The maximum atomic E-state index is 12.7. The van der Waals surface area contributed by atoms with E-state index in [1.54, 1.807) is 12.1 Å². The third kappa shape index (κ3) is 4.60. The lowest BCUT2D eigenvalue weighted by molar-refractivity contribution is -0.137. The minimum atomic E-state index is -4.53. The largest absolute Gasteiger partial charge is 0.416 e. The maximum Gasteiger partial charge on any atom is 0.416 e. The van der Waals surface area contributed by atoms with Crippen molar-refractivity contribution in [3.8, 4) is 6.07 Å². The average molecular weight is 361 g/mol.